The fraction of sp³-hybridized carbons (Fsp3) is 0.933. The third-order valence-corrected chi connectivity index (χ3v) is 3.93. The number of rotatable bonds is 3. The number of piperidine rings is 1. The lowest BCUT2D eigenvalue weighted by Crippen LogP contribution is -2.51. The quantitative estimate of drug-likeness (QED) is 0.836. The van der Waals surface area contributed by atoms with Gasteiger partial charge in [-0.25, -0.2) is 0 Å². The molecule has 1 amide bonds. The maximum absolute atomic E-state index is 11.7. The molecule has 2 fully saturated rings. The van der Waals surface area contributed by atoms with Gasteiger partial charge in [0.25, 0.3) is 0 Å². The molecule has 18 heavy (non-hydrogen) atoms. The Morgan fingerprint density at radius 3 is 2.39 bits per heavy atom. The van der Waals surface area contributed by atoms with Crippen molar-refractivity contribution in [2.75, 3.05) is 13.1 Å². The first kappa shape index (κ1) is 13.9. The smallest absolute Gasteiger partial charge is 0.219 e. The third-order valence-electron chi connectivity index (χ3n) is 3.93. The second-order valence-electron chi connectivity index (χ2n) is 7.43. The Bertz CT molecular complexity index is 304. The molecule has 2 atom stereocenters. The lowest BCUT2D eigenvalue weighted by molar-refractivity contribution is -0.131. The number of carbonyl (C=O) groups is 1. The molecule has 1 aliphatic heterocycles. The Labute approximate surface area is 111 Å². The van der Waals surface area contributed by atoms with Crippen LogP contribution in [0, 0.1) is 11.3 Å². The summed E-state index contributed by atoms with van der Waals surface area (Å²) in [6.07, 6.45) is 5.08. The lowest BCUT2D eigenvalue weighted by atomic mass is 9.80. The van der Waals surface area contributed by atoms with Crippen molar-refractivity contribution in [1.82, 2.24) is 10.2 Å². The van der Waals surface area contributed by atoms with Gasteiger partial charge in [0.2, 0.25) is 5.91 Å². The minimum atomic E-state index is 0.233. The van der Waals surface area contributed by atoms with Gasteiger partial charge in [-0.15, -0.1) is 0 Å². The molecule has 3 heteroatoms. The van der Waals surface area contributed by atoms with Crippen molar-refractivity contribution in [3.63, 3.8) is 0 Å². The number of nitrogens with zero attached hydrogens (tertiary/aromatic N) is 1. The molecule has 2 unspecified atom stereocenters. The third kappa shape index (κ3) is 4.27. The molecule has 0 aromatic heterocycles. The Balaban J connectivity index is 1.94. The van der Waals surface area contributed by atoms with Crippen molar-refractivity contribution >= 4 is 5.91 Å². The first-order chi connectivity index (χ1) is 8.33. The fourth-order valence-electron chi connectivity index (χ4n) is 3.18. The SMILES string of the molecule is CC(=O)N1CC(CC(C)(C)C)CC(NC2CC2)C1. The number of hydrogen-bond donors (Lipinski definition) is 1. The van der Waals surface area contributed by atoms with E-state index >= 15 is 0 Å². The molecule has 1 aliphatic carbocycles. The van der Waals surface area contributed by atoms with E-state index in [9.17, 15) is 4.79 Å². The van der Waals surface area contributed by atoms with Gasteiger partial charge in [0.15, 0.2) is 0 Å². The summed E-state index contributed by atoms with van der Waals surface area (Å²) in [5.41, 5.74) is 0.356. The molecule has 1 saturated heterocycles. The number of likely N-dealkylation sites (tertiary alicyclic amines) is 1. The second-order valence-corrected chi connectivity index (χ2v) is 7.43. The maximum atomic E-state index is 11.7. The summed E-state index contributed by atoms with van der Waals surface area (Å²) in [7, 11) is 0. The van der Waals surface area contributed by atoms with Crippen LogP contribution in [0.1, 0.15) is 53.4 Å². The molecule has 1 N–H and O–H groups in total. The minimum Gasteiger partial charge on any atom is -0.341 e. The second kappa shape index (κ2) is 5.20. The predicted molar refractivity (Wildman–Crippen MR) is 74.4 cm³/mol. The molecule has 0 spiro atoms. The highest BCUT2D eigenvalue weighted by Crippen LogP contribution is 2.31. The van der Waals surface area contributed by atoms with E-state index in [2.05, 4.69) is 26.1 Å². The van der Waals surface area contributed by atoms with Crippen LogP contribution < -0.4 is 5.32 Å². The van der Waals surface area contributed by atoms with E-state index in [0.29, 0.717) is 17.4 Å². The van der Waals surface area contributed by atoms with Gasteiger partial charge >= 0.3 is 0 Å². The van der Waals surface area contributed by atoms with E-state index < -0.39 is 0 Å². The van der Waals surface area contributed by atoms with E-state index in [1.807, 2.05) is 4.90 Å². The van der Waals surface area contributed by atoms with Gasteiger partial charge in [-0.1, -0.05) is 20.8 Å². The van der Waals surface area contributed by atoms with E-state index in [1.165, 1.54) is 25.7 Å². The highest BCUT2D eigenvalue weighted by molar-refractivity contribution is 5.73. The largest absolute Gasteiger partial charge is 0.341 e. The van der Waals surface area contributed by atoms with E-state index in [0.717, 1.165) is 19.1 Å². The minimum absolute atomic E-state index is 0.233. The Morgan fingerprint density at radius 1 is 1.22 bits per heavy atom. The molecule has 2 rings (SSSR count). The highest BCUT2D eigenvalue weighted by Gasteiger charge is 2.33. The monoisotopic (exact) mass is 252 g/mol. The lowest BCUT2D eigenvalue weighted by Gasteiger charge is -2.40. The zero-order valence-electron chi connectivity index (χ0n) is 12.3. The van der Waals surface area contributed by atoms with E-state index in [-0.39, 0.29) is 5.91 Å². The molecule has 3 nitrogen and oxygen atoms in total. The van der Waals surface area contributed by atoms with Crippen molar-refractivity contribution in [3.05, 3.63) is 0 Å². The number of amides is 1. The Morgan fingerprint density at radius 2 is 1.89 bits per heavy atom. The Hall–Kier alpha value is -0.570. The van der Waals surface area contributed by atoms with Crippen LogP contribution in [0.3, 0.4) is 0 Å². The summed E-state index contributed by atoms with van der Waals surface area (Å²) in [4.78, 5) is 13.7. The van der Waals surface area contributed by atoms with Crippen LogP contribution in [0.25, 0.3) is 0 Å². The van der Waals surface area contributed by atoms with Crippen LogP contribution >= 0.6 is 0 Å². The zero-order chi connectivity index (χ0) is 13.3. The summed E-state index contributed by atoms with van der Waals surface area (Å²) in [5, 5.41) is 3.70. The highest BCUT2D eigenvalue weighted by atomic mass is 16.2. The fourth-order valence-corrected chi connectivity index (χ4v) is 3.18. The van der Waals surface area contributed by atoms with Gasteiger partial charge in [-0.2, -0.15) is 0 Å². The van der Waals surface area contributed by atoms with Crippen LogP contribution in [0.4, 0.5) is 0 Å². The molecular weight excluding hydrogens is 224 g/mol. The van der Waals surface area contributed by atoms with Gasteiger partial charge in [0.05, 0.1) is 0 Å². The van der Waals surface area contributed by atoms with E-state index in [4.69, 9.17) is 0 Å². The van der Waals surface area contributed by atoms with Gasteiger partial charge in [0, 0.05) is 32.1 Å². The number of carbonyl (C=O) groups excluding carboxylic acids is 1. The topological polar surface area (TPSA) is 32.3 Å². The van der Waals surface area contributed by atoms with Crippen molar-refractivity contribution in [2.45, 2.75) is 65.5 Å². The summed E-state index contributed by atoms with van der Waals surface area (Å²) in [6, 6.07) is 1.25. The normalized spacial score (nSPS) is 29.4. The summed E-state index contributed by atoms with van der Waals surface area (Å²) < 4.78 is 0. The van der Waals surface area contributed by atoms with Crippen molar-refractivity contribution < 1.29 is 4.79 Å². The summed E-state index contributed by atoms with van der Waals surface area (Å²) >= 11 is 0. The molecule has 2 aliphatic rings. The van der Waals surface area contributed by atoms with Gasteiger partial charge < -0.3 is 10.2 Å². The first-order valence-electron chi connectivity index (χ1n) is 7.35. The van der Waals surface area contributed by atoms with Crippen LogP contribution in [-0.4, -0.2) is 36.0 Å². The molecular formula is C15H28N2O. The van der Waals surface area contributed by atoms with Gasteiger partial charge in [-0.3, -0.25) is 4.79 Å². The summed E-state index contributed by atoms with van der Waals surface area (Å²) in [6.45, 7) is 10.4. The van der Waals surface area contributed by atoms with Crippen molar-refractivity contribution in [2.24, 2.45) is 11.3 Å². The maximum Gasteiger partial charge on any atom is 0.219 e. The average Bonchev–Trinajstić information content (AvgIpc) is 2.98. The van der Waals surface area contributed by atoms with Crippen molar-refractivity contribution in [3.8, 4) is 0 Å². The molecule has 0 bridgehead atoms. The predicted octanol–water partition coefficient (Wildman–Crippen LogP) is 2.41. The standard InChI is InChI=1S/C15H28N2O/c1-11(18)17-9-12(8-15(2,3)4)7-14(10-17)16-13-5-6-13/h12-14,16H,5-10H2,1-4H3. The average molecular weight is 252 g/mol. The zero-order valence-corrected chi connectivity index (χ0v) is 12.3. The molecule has 1 saturated carbocycles. The van der Waals surface area contributed by atoms with Crippen LogP contribution in [0.5, 0.6) is 0 Å². The van der Waals surface area contributed by atoms with Crippen LogP contribution in [0.15, 0.2) is 0 Å². The molecule has 0 aromatic carbocycles. The molecule has 1 heterocycles. The van der Waals surface area contributed by atoms with Gasteiger partial charge in [-0.05, 0) is 37.0 Å². The van der Waals surface area contributed by atoms with Crippen LogP contribution in [0.2, 0.25) is 0 Å². The molecule has 0 radical (unpaired) electrons. The van der Waals surface area contributed by atoms with Crippen LogP contribution in [-0.2, 0) is 4.79 Å². The first-order valence-corrected chi connectivity index (χ1v) is 7.35. The van der Waals surface area contributed by atoms with Crippen molar-refractivity contribution in [1.29, 1.82) is 0 Å². The van der Waals surface area contributed by atoms with E-state index in [1.54, 1.807) is 6.92 Å². The molecule has 104 valence electrons. The Kier molecular flexibility index (Phi) is 4.00. The number of hydrogen-bond acceptors (Lipinski definition) is 2. The van der Waals surface area contributed by atoms with Gasteiger partial charge in [0.1, 0.15) is 0 Å². The number of nitrogens with one attached hydrogen (secondary N) is 1. The molecule has 0 aromatic rings. The summed E-state index contributed by atoms with van der Waals surface area (Å²) in [5.74, 6) is 0.884.